The Kier molecular flexibility index (Phi) is 7.95. The number of H-pyrrole nitrogens is 1. The highest BCUT2D eigenvalue weighted by molar-refractivity contribution is 7.51. The Morgan fingerprint density at radius 1 is 1.10 bits per heavy atom. The van der Waals surface area contributed by atoms with Crippen LogP contribution in [0.15, 0.2) is 36.5 Å². The molecule has 42 heavy (non-hydrogen) atoms. The Bertz CT molecular complexity index is 1530. The van der Waals surface area contributed by atoms with E-state index in [-0.39, 0.29) is 23.4 Å². The highest BCUT2D eigenvalue weighted by Crippen LogP contribution is 2.53. The van der Waals surface area contributed by atoms with E-state index in [9.17, 15) is 33.1 Å². The fourth-order valence-electron chi connectivity index (χ4n) is 6.59. The van der Waals surface area contributed by atoms with Crippen LogP contribution in [0.3, 0.4) is 0 Å². The van der Waals surface area contributed by atoms with E-state index in [0.29, 0.717) is 46.8 Å². The fourth-order valence-corrected chi connectivity index (χ4v) is 8.08. The van der Waals surface area contributed by atoms with Crippen LogP contribution in [0.5, 0.6) is 0 Å². The summed E-state index contributed by atoms with van der Waals surface area (Å²) in [4.78, 5) is 62.9. The van der Waals surface area contributed by atoms with Gasteiger partial charge in [-0.3, -0.25) is 24.0 Å². The molecule has 5 heterocycles. The number of carbonyl (C=O) groups is 3. The molecule has 3 amide bonds. The number of rotatable bonds is 6. The van der Waals surface area contributed by atoms with Crippen molar-refractivity contribution in [3.05, 3.63) is 52.7 Å². The van der Waals surface area contributed by atoms with Gasteiger partial charge in [0.25, 0.3) is 5.91 Å². The van der Waals surface area contributed by atoms with Gasteiger partial charge >= 0.3 is 7.60 Å². The summed E-state index contributed by atoms with van der Waals surface area (Å²) in [6, 6.07) is 6.31. The Morgan fingerprint density at radius 2 is 1.88 bits per heavy atom. The second kappa shape index (κ2) is 11.5. The molecular weight excluding hydrogens is 584 g/mol. The monoisotopic (exact) mass is 617 g/mol. The zero-order valence-electron chi connectivity index (χ0n) is 22.8. The zero-order chi connectivity index (χ0) is 29.6. The van der Waals surface area contributed by atoms with Gasteiger partial charge in [-0.15, -0.1) is 11.3 Å². The minimum Gasteiger partial charge on any atom is -0.341 e. The molecule has 3 aromatic rings. The van der Waals surface area contributed by atoms with Crippen LogP contribution in [-0.4, -0.2) is 78.7 Å². The second-order valence-corrected chi connectivity index (χ2v) is 14.1. The first-order valence-corrected chi connectivity index (χ1v) is 16.7. The van der Waals surface area contributed by atoms with Gasteiger partial charge in [0.15, 0.2) is 0 Å². The number of alkyl halides is 1. The molecule has 3 fully saturated rings. The minimum atomic E-state index is -4.96. The molecule has 4 N–H and O–H groups in total. The number of amides is 3. The lowest BCUT2D eigenvalue weighted by Gasteiger charge is -2.36. The number of aromatic amines is 1. The van der Waals surface area contributed by atoms with Crippen LogP contribution in [-0.2, 0) is 14.2 Å². The molecule has 0 radical (unpaired) electrons. The molecule has 0 aliphatic carbocycles. The lowest BCUT2D eigenvalue weighted by Crippen LogP contribution is -2.55. The summed E-state index contributed by atoms with van der Waals surface area (Å²) in [6.07, 6.45) is 6.80. The quantitative estimate of drug-likeness (QED) is 0.307. The molecule has 1 aromatic carbocycles. The Balaban J connectivity index is 1.13. The number of nitrogens with one attached hydrogen (secondary N) is 2. The molecule has 11 nitrogen and oxygen atoms in total. The SMILES string of the molecule is O=C(N[C@H]1CCC[C@H]2CC[C@@H](C(=O)N3CCC(c4cc[nH]n4)CC3)N2C1=O)c1cc2cc(C(F)P(=O)(O)O)ccc2s1. The van der Waals surface area contributed by atoms with E-state index in [0.717, 1.165) is 49.1 Å². The van der Waals surface area contributed by atoms with Gasteiger partial charge < -0.3 is 24.9 Å². The number of hydrogen-bond donors (Lipinski definition) is 4. The zero-order valence-corrected chi connectivity index (χ0v) is 24.5. The molecule has 4 atom stereocenters. The van der Waals surface area contributed by atoms with E-state index >= 15 is 0 Å². The van der Waals surface area contributed by atoms with Crippen molar-refractivity contribution in [1.29, 1.82) is 0 Å². The van der Waals surface area contributed by atoms with Gasteiger partial charge in [-0.25, -0.2) is 4.39 Å². The highest BCUT2D eigenvalue weighted by atomic mass is 32.1. The number of likely N-dealkylation sites (tertiary alicyclic amines) is 1. The van der Waals surface area contributed by atoms with E-state index in [4.69, 9.17) is 0 Å². The van der Waals surface area contributed by atoms with Crippen molar-refractivity contribution >= 4 is 46.7 Å². The average Bonchev–Trinajstić information content (AvgIpc) is 3.73. The molecule has 3 aliphatic rings. The number of piperidine rings is 1. The number of aromatic nitrogens is 2. The van der Waals surface area contributed by atoms with E-state index in [2.05, 4.69) is 15.5 Å². The number of carbonyl (C=O) groups excluding carboxylic acids is 3. The van der Waals surface area contributed by atoms with Crippen molar-refractivity contribution in [1.82, 2.24) is 25.3 Å². The van der Waals surface area contributed by atoms with Gasteiger partial charge in [0.05, 0.1) is 10.6 Å². The molecule has 0 bridgehead atoms. The molecule has 6 rings (SSSR count). The van der Waals surface area contributed by atoms with Crippen molar-refractivity contribution < 1.29 is 33.1 Å². The topological polar surface area (TPSA) is 156 Å². The molecule has 2 aromatic heterocycles. The van der Waals surface area contributed by atoms with Gasteiger partial charge in [-0.2, -0.15) is 5.10 Å². The van der Waals surface area contributed by atoms with Crippen LogP contribution in [0, 0.1) is 0 Å². The third kappa shape index (κ3) is 5.62. The molecule has 1 unspecified atom stereocenters. The summed E-state index contributed by atoms with van der Waals surface area (Å²) in [5.41, 5.74) is 0.844. The van der Waals surface area contributed by atoms with Crippen molar-refractivity contribution in [2.75, 3.05) is 13.1 Å². The summed E-state index contributed by atoms with van der Waals surface area (Å²) in [5, 5.41) is 10.5. The molecule has 224 valence electrons. The summed E-state index contributed by atoms with van der Waals surface area (Å²) in [5.74, 6) is -2.86. The minimum absolute atomic E-state index is 0.0274. The van der Waals surface area contributed by atoms with E-state index < -0.39 is 31.5 Å². The number of hydrogen-bond acceptors (Lipinski definition) is 6. The van der Waals surface area contributed by atoms with Gasteiger partial charge in [0, 0.05) is 35.9 Å². The first-order valence-electron chi connectivity index (χ1n) is 14.2. The van der Waals surface area contributed by atoms with Crippen LogP contribution in [0.25, 0.3) is 10.1 Å². The lowest BCUT2D eigenvalue weighted by atomic mass is 9.93. The summed E-state index contributed by atoms with van der Waals surface area (Å²) >= 11 is 1.15. The van der Waals surface area contributed by atoms with Crippen molar-refractivity contribution in [2.24, 2.45) is 0 Å². The van der Waals surface area contributed by atoms with E-state index in [1.807, 2.05) is 11.0 Å². The van der Waals surface area contributed by atoms with Crippen LogP contribution in [0.4, 0.5) is 4.39 Å². The predicted octanol–water partition coefficient (Wildman–Crippen LogP) is 3.82. The maximum absolute atomic E-state index is 14.2. The molecule has 14 heteroatoms. The summed E-state index contributed by atoms with van der Waals surface area (Å²) in [6.45, 7) is 1.23. The Labute approximate surface area is 245 Å². The van der Waals surface area contributed by atoms with Crippen molar-refractivity contribution in [3.8, 4) is 0 Å². The Morgan fingerprint density at radius 3 is 2.60 bits per heavy atom. The van der Waals surface area contributed by atoms with Gasteiger partial charge in [0.2, 0.25) is 17.7 Å². The Hall–Kier alpha value is -3.12. The average molecular weight is 618 g/mol. The highest BCUT2D eigenvalue weighted by Gasteiger charge is 2.46. The van der Waals surface area contributed by atoms with E-state index in [1.54, 1.807) is 11.1 Å². The lowest BCUT2D eigenvalue weighted by molar-refractivity contribution is -0.146. The number of halogens is 1. The maximum Gasteiger partial charge on any atom is 0.363 e. The smallest absolute Gasteiger partial charge is 0.341 e. The van der Waals surface area contributed by atoms with Crippen molar-refractivity contribution in [2.45, 2.75) is 74.9 Å². The number of fused-ring (bicyclic) bond motifs is 2. The third-order valence-corrected chi connectivity index (χ3v) is 10.8. The molecule has 3 aliphatic heterocycles. The van der Waals surface area contributed by atoms with Crippen LogP contribution < -0.4 is 5.32 Å². The molecular formula is C28H33FN5O6PS. The number of benzene rings is 1. The largest absolute Gasteiger partial charge is 0.363 e. The standard InChI is InChI=1S/C28H33FN5O6PS/c29-25(41(38,39)40)17-4-7-23-18(14-17)15-24(42-23)26(35)31-21-3-1-2-19-5-6-22(34(19)27(21)36)28(37)33-12-9-16(10-13-33)20-8-11-30-32-20/h4,7-8,11,14-16,19,21-22,25H,1-3,5-6,9-10,12-13H2,(H,30,32)(H,31,35)(H2,38,39,40)/t19-,21-,22-,25?/m0/s1. The first-order chi connectivity index (χ1) is 20.1. The van der Waals surface area contributed by atoms with Crippen molar-refractivity contribution in [3.63, 3.8) is 0 Å². The summed E-state index contributed by atoms with van der Waals surface area (Å²) < 4.78 is 26.2. The third-order valence-electron chi connectivity index (χ3n) is 8.76. The second-order valence-electron chi connectivity index (χ2n) is 11.4. The van der Waals surface area contributed by atoms with Gasteiger partial charge in [-0.05, 0) is 80.2 Å². The number of thiophene rings is 1. The summed E-state index contributed by atoms with van der Waals surface area (Å²) in [7, 11) is -4.96. The van der Waals surface area contributed by atoms with Crippen LogP contribution >= 0.6 is 18.9 Å². The molecule has 0 spiro atoms. The predicted molar refractivity (Wildman–Crippen MR) is 154 cm³/mol. The van der Waals surface area contributed by atoms with Gasteiger partial charge in [-0.1, -0.05) is 6.07 Å². The van der Waals surface area contributed by atoms with Gasteiger partial charge in [0.1, 0.15) is 12.1 Å². The van der Waals surface area contributed by atoms with Crippen LogP contribution in [0.2, 0.25) is 0 Å². The van der Waals surface area contributed by atoms with E-state index in [1.165, 1.54) is 24.3 Å². The normalized spacial score (nSPS) is 24.5. The van der Waals surface area contributed by atoms with Crippen LogP contribution in [0.1, 0.15) is 77.7 Å². The first kappa shape index (κ1) is 29.0. The fraction of sp³-hybridized carbons (Fsp3) is 0.500. The number of nitrogens with zero attached hydrogens (tertiary/aromatic N) is 3. The molecule has 3 saturated heterocycles. The maximum atomic E-state index is 14.2. The molecule has 0 saturated carbocycles.